The van der Waals surface area contributed by atoms with E-state index in [4.69, 9.17) is 11.6 Å². The summed E-state index contributed by atoms with van der Waals surface area (Å²) in [6.07, 6.45) is 0. The van der Waals surface area contributed by atoms with Crippen molar-refractivity contribution in [1.82, 2.24) is 5.32 Å². The lowest BCUT2D eigenvalue weighted by atomic mass is 10.1. The molecule has 0 fully saturated rings. The Morgan fingerprint density at radius 3 is 2.67 bits per heavy atom. The minimum atomic E-state index is -0.397. The molecule has 4 heteroatoms. The number of halogens is 1. The Balaban J connectivity index is 2.68. The Morgan fingerprint density at radius 1 is 1.25 bits per heavy atom. The number of imide groups is 1. The van der Waals surface area contributed by atoms with Gasteiger partial charge >= 0.3 is 0 Å². The summed E-state index contributed by atoms with van der Waals surface area (Å²) in [7, 11) is 0. The fraction of sp³-hybridized carbons (Fsp3) is 0. The van der Waals surface area contributed by atoms with Crippen molar-refractivity contribution in [2.45, 2.75) is 0 Å². The molecule has 0 saturated carbocycles. The topological polar surface area (TPSA) is 46.2 Å². The molecule has 0 atom stereocenters. The maximum absolute atomic E-state index is 11.0. The van der Waals surface area contributed by atoms with Crippen molar-refractivity contribution < 1.29 is 9.59 Å². The second-order valence-corrected chi connectivity index (χ2v) is 2.80. The van der Waals surface area contributed by atoms with Crippen molar-refractivity contribution in [1.29, 1.82) is 0 Å². The molecule has 12 heavy (non-hydrogen) atoms. The Bertz CT molecular complexity index is 387. The lowest BCUT2D eigenvalue weighted by Crippen LogP contribution is -2.19. The van der Waals surface area contributed by atoms with Crippen LogP contribution in [0.15, 0.2) is 12.1 Å². The third-order valence-corrected chi connectivity index (χ3v) is 1.85. The van der Waals surface area contributed by atoms with E-state index in [9.17, 15) is 9.59 Å². The third-order valence-electron chi connectivity index (χ3n) is 1.63. The Morgan fingerprint density at radius 2 is 1.92 bits per heavy atom. The van der Waals surface area contributed by atoms with Crippen molar-refractivity contribution in [3.8, 4) is 0 Å². The normalized spacial score (nSPS) is 14.4. The zero-order chi connectivity index (χ0) is 8.72. The van der Waals surface area contributed by atoms with Crippen LogP contribution in [0.3, 0.4) is 0 Å². The highest BCUT2D eigenvalue weighted by Gasteiger charge is 2.26. The molecule has 0 saturated heterocycles. The minimum Gasteiger partial charge on any atom is -0.288 e. The molecule has 2 rings (SSSR count). The van der Waals surface area contributed by atoms with Gasteiger partial charge in [-0.25, -0.2) is 0 Å². The second-order valence-electron chi connectivity index (χ2n) is 2.39. The molecule has 1 aliphatic heterocycles. The van der Waals surface area contributed by atoms with E-state index in [0.29, 0.717) is 16.1 Å². The van der Waals surface area contributed by atoms with Crippen LogP contribution in [0.4, 0.5) is 0 Å². The number of hydrogen-bond donors (Lipinski definition) is 1. The summed E-state index contributed by atoms with van der Waals surface area (Å²) in [6, 6.07) is 5.48. The summed E-state index contributed by atoms with van der Waals surface area (Å²) < 4.78 is 0. The standard InChI is InChI=1S/C8H3ClNO2/c9-4-1-2-5-6(3-4)8(12)10-7(5)11/h2-3H,(H,10,11,12). The van der Waals surface area contributed by atoms with Gasteiger partial charge in [-0.3, -0.25) is 14.9 Å². The van der Waals surface area contributed by atoms with Crippen molar-refractivity contribution in [3.63, 3.8) is 0 Å². The highest BCUT2D eigenvalue weighted by atomic mass is 35.5. The molecule has 1 radical (unpaired) electrons. The van der Waals surface area contributed by atoms with Gasteiger partial charge in [-0.05, 0) is 12.1 Å². The Labute approximate surface area is 73.3 Å². The first-order valence-corrected chi connectivity index (χ1v) is 3.63. The van der Waals surface area contributed by atoms with E-state index in [-0.39, 0.29) is 5.91 Å². The fourth-order valence-corrected chi connectivity index (χ4v) is 1.24. The number of carbonyl (C=O) groups is 2. The van der Waals surface area contributed by atoms with Gasteiger partial charge < -0.3 is 0 Å². The lowest BCUT2D eigenvalue weighted by molar-refractivity contribution is 0.0879. The first kappa shape index (κ1) is 7.31. The SMILES string of the molecule is O=C1NC(=O)c2cc(Cl)[c]cc21. The average Bonchev–Trinajstić information content (AvgIpc) is 2.28. The van der Waals surface area contributed by atoms with Gasteiger partial charge in [-0.15, -0.1) is 0 Å². The molecule has 59 valence electrons. The van der Waals surface area contributed by atoms with Gasteiger partial charge in [-0.1, -0.05) is 11.6 Å². The molecule has 0 bridgehead atoms. The van der Waals surface area contributed by atoms with Crippen LogP contribution in [0.25, 0.3) is 0 Å². The van der Waals surface area contributed by atoms with Gasteiger partial charge in [0.15, 0.2) is 0 Å². The molecule has 2 amide bonds. The molecule has 1 aromatic rings. The van der Waals surface area contributed by atoms with Crippen LogP contribution in [-0.4, -0.2) is 11.8 Å². The predicted octanol–water partition coefficient (Wildman–Crippen LogP) is 1.02. The number of hydrogen-bond acceptors (Lipinski definition) is 2. The third kappa shape index (κ3) is 0.905. The van der Waals surface area contributed by atoms with Crippen molar-refractivity contribution in [2.24, 2.45) is 0 Å². The predicted molar refractivity (Wildman–Crippen MR) is 42.1 cm³/mol. The molecular formula is C8H3ClNO2. The number of rotatable bonds is 0. The van der Waals surface area contributed by atoms with Gasteiger partial charge in [0.2, 0.25) is 0 Å². The quantitative estimate of drug-likeness (QED) is 0.606. The van der Waals surface area contributed by atoms with Crippen LogP contribution in [0.5, 0.6) is 0 Å². The summed E-state index contributed by atoms with van der Waals surface area (Å²) >= 11 is 5.59. The smallest absolute Gasteiger partial charge is 0.258 e. The zero-order valence-electron chi connectivity index (χ0n) is 5.85. The number of carbonyl (C=O) groups excluding carboxylic acids is 2. The van der Waals surface area contributed by atoms with E-state index in [0.717, 1.165) is 0 Å². The molecule has 1 N–H and O–H groups in total. The summed E-state index contributed by atoms with van der Waals surface area (Å²) in [6.45, 7) is 0. The van der Waals surface area contributed by atoms with Crippen LogP contribution in [-0.2, 0) is 0 Å². The Hall–Kier alpha value is -1.35. The Kier molecular flexibility index (Phi) is 1.41. The molecule has 0 aliphatic carbocycles. The monoisotopic (exact) mass is 180 g/mol. The van der Waals surface area contributed by atoms with Gasteiger partial charge in [0.05, 0.1) is 11.1 Å². The minimum absolute atomic E-state index is 0.323. The van der Waals surface area contributed by atoms with E-state index in [1.807, 2.05) is 0 Å². The molecule has 1 aromatic carbocycles. The van der Waals surface area contributed by atoms with Gasteiger partial charge in [0.25, 0.3) is 11.8 Å². The number of fused-ring (bicyclic) bond motifs is 1. The van der Waals surface area contributed by atoms with Crippen LogP contribution in [0, 0.1) is 6.07 Å². The summed E-state index contributed by atoms with van der Waals surface area (Å²) in [5.74, 6) is -0.784. The largest absolute Gasteiger partial charge is 0.288 e. The number of amides is 2. The first-order chi connectivity index (χ1) is 5.68. The summed E-state index contributed by atoms with van der Waals surface area (Å²) in [5, 5.41) is 2.48. The maximum Gasteiger partial charge on any atom is 0.258 e. The molecule has 0 aromatic heterocycles. The van der Waals surface area contributed by atoms with Crippen LogP contribution in [0.2, 0.25) is 5.02 Å². The van der Waals surface area contributed by atoms with E-state index in [1.54, 1.807) is 0 Å². The maximum atomic E-state index is 11.0. The molecular weight excluding hydrogens is 178 g/mol. The van der Waals surface area contributed by atoms with E-state index in [1.165, 1.54) is 12.1 Å². The van der Waals surface area contributed by atoms with Crippen molar-refractivity contribution in [3.05, 3.63) is 34.3 Å². The van der Waals surface area contributed by atoms with Gasteiger partial charge in [0, 0.05) is 11.1 Å². The number of benzene rings is 1. The highest BCUT2D eigenvalue weighted by molar-refractivity contribution is 6.32. The zero-order valence-corrected chi connectivity index (χ0v) is 6.61. The van der Waals surface area contributed by atoms with Crippen molar-refractivity contribution in [2.75, 3.05) is 0 Å². The lowest BCUT2D eigenvalue weighted by Gasteiger charge is -1.92. The second kappa shape index (κ2) is 2.32. The fourth-order valence-electron chi connectivity index (χ4n) is 1.08. The molecule has 0 spiro atoms. The summed E-state index contributed by atoms with van der Waals surface area (Å²) in [5.41, 5.74) is 0.660. The van der Waals surface area contributed by atoms with Gasteiger partial charge in [-0.2, -0.15) is 0 Å². The first-order valence-electron chi connectivity index (χ1n) is 3.25. The molecule has 1 aliphatic rings. The highest BCUT2D eigenvalue weighted by Crippen LogP contribution is 2.19. The number of nitrogens with one attached hydrogen (secondary N) is 1. The van der Waals surface area contributed by atoms with Crippen molar-refractivity contribution >= 4 is 23.4 Å². The van der Waals surface area contributed by atoms with E-state index >= 15 is 0 Å². The molecule has 0 unspecified atom stereocenters. The van der Waals surface area contributed by atoms with Gasteiger partial charge in [0.1, 0.15) is 0 Å². The van der Waals surface area contributed by atoms with Crippen LogP contribution < -0.4 is 5.32 Å². The molecule has 1 heterocycles. The average molecular weight is 181 g/mol. The van der Waals surface area contributed by atoms with Crippen LogP contribution >= 0.6 is 11.6 Å². The van der Waals surface area contributed by atoms with E-state index < -0.39 is 5.91 Å². The molecule has 3 nitrogen and oxygen atoms in total. The van der Waals surface area contributed by atoms with E-state index in [2.05, 4.69) is 11.4 Å². The summed E-state index contributed by atoms with van der Waals surface area (Å²) in [4.78, 5) is 22.0. The van der Waals surface area contributed by atoms with Crippen LogP contribution in [0.1, 0.15) is 20.7 Å².